The van der Waals surface area contributed by atoms with Gasteiger partial charge in [0.1, 0.15) is 0 Å². The molecule has 1 heterocycles. The molecule has 0 bridgehead atoms. The van der Waals surface area contributed by atoms with Gasteiger partial charge in [-0.2, -0.15) is 0 Å². The van der Waals surface area contributed by atoms with Crippen LogP contribution in [-0.4, -0.2) is 25.0 Å². The smallest absolute Gasteiger partial charge is 0.244 e. The molecule has 1 aliphatic rings. The second kappa shape index (κ2) is 5.96. The molecule has 0 aliphatic carbocycles. The highest BCUT2D eigenvalue weighted by Crippen LogP contribution is 2.32. The normalized spacial score (nSPS) is 21.5. The van der Waals surface area contributed by atoms with E-state index in [0.29, 0.717) is 6.54 Å². The zero-order valence-corrected chi connectivity index (χ0v) is 13.1. The van der Waals surface area contributed by atoms with Gasteiger partial charge < -0.3 is 10.2 Å². The van der Waals surface area contributed by atoms with Crippen LogP contribution in [-0.2, 0) is 4.79 Å². The van der Waals surface area contributed by atoms with Crippen LogP contribution in [0, 0.1) is 12.3 Å². The Labute approximate surface area is 122 Å². The molecule has 1 unspecified atom stereocenters. The zero-order chi connectivity index (χ0) is 14.8. The van der Waals surface area contributed by atoms with E-state index >= 15 is 0 Å². The van der Waals surface area contributed by atoms with Crippen molar-refractivity contribution in [2.75, 3.05) is 18.0 Å². The number of likely N-dealkylation sites (N-methyl/N-ethyl adjacent to an activating group) is 1. The van der Waals surface area contributed by atoms with Crippen LogP contribution < -0.4 is 10.2 Å². The molecule has 0 spiro atoms. The summed E-state index contributed by atoms with van der Waals surface area (Å²) < 4.78 is 0. The average Bonchev–Trinajstić information content (AvgIpc) is 2.41. The van der Waals surface area contributed by atoms with E-state index in [9.17, 15) is 4.79 Å². The molecular weight excluding hydrogens is 248 g/mol. The van der Waals surface area contributed by atoms with Gasteiger partial charge >= 0.3 is 0 Å². The van der Waals surface area contributed by atoms with Crippen molar-refractivity contribution in [1.82, 2.24) is 5.32 Å². The van der Waals surface area contributed by atoms with E-state index in [2.05, 4.69) is 32.2 Å². The molecule has 1 N–H and O–H groups in total. The van der Waals surface area contributed by atoms with Gasteiger partial charge in [-0.05, 0) is 50.3 Å². The minimum absolute atomic E-state index is 0.0193. The topological polar surface area (TPSA) is 32.3 Å². The Hall–Kier alpha value is -1.35. The van der Waals surface area contributed by atoms with Gasteiger partial charge in [-0.1, -0.05) is 32.0 Å². The summed E-state index contributed by atoms with van der Waals surface area (Å²) in [6, 6.07) is 8.02. The number of aryl methyl sites for hydroxylation is 1. The molecule has 1 saturated heterocycles. The zero-order valence-electron chi connectivity index (χ0n) is 13.1. The fourth-order valence-electron chi connectivity index (χ4n) is 3.10. The maximum Gasteiger partial charge on any atom is 0.244 e. The summed E-state index contributed by atoms with van der Waals surface area (Å²) >= 11 is 0. The lowest BCUT2D eigenvalue weighted by Crippen LogP contribution is -2.56. The van der Waals surface area contributed by atoms with Gasteiger partial charge in [-0.25, -0.2) is 0 Å². The van der Waals surface area contributed by atoms with Crippen LogP contribution in [0.4, 0.5) is 5.69 Å². The molecule has 1 amide bonds. The van der Waals surface area contributed by atoms with Gasteiger partial charge in [0.15, 0.2) is 0 Å². The lowest BCUT2D eigenvalue weighted by Gasteiger charge is -2.40. The van der Waals surface area contributed by atoms with E-state index in [1.54, 1.807) is 0 Å². The predicted octanol–water partition coefficient (Wildman–Crippen LogP) is 3.13. The van der Waals surface area contributed by atoms with Gasteiger partial charge in [0.2, 0.25) is 5.91 Å². The number of rotatable bonds is 3. The number of carbonyl (C=O) groups is 1. The Bertz CT molecular complexity index is 482. The summed E-state index contributed by atoms with van der Waals surface area (Å²) in [6.45, 7) is 10.1. The first-order valence-corrected chi connectivity index (χ1v) is 7.58. The van der Waals surface area contributed by atoms with E-state index < -0.39 is 0 Å². The van der Waals surface area contributed by atoms with Gasteiger partial charge in [0.25, 0.3) is 0 Å². The van der Waals surface area contributed by atoms with Crippen LogP contribution in [0.1, 0.15) is 39.2 Å². The molecule has 3 nitrogen and oxygen atoms in total. The summed E-state index contributed by atoms with van der Waals surface area (Å²) in [5, 5.41) is 3.42. The van der Waals surface area contributed by atoms with E-state index in [4.69, 9.17) is 0 Å². The Morgan fingerprint density at radius 1 is 1.40 bits per heavy atom. The third-order valence-electron chi connectivity index (χ3n) is 4.36. The molecule has 20 heavy (non-hydrogen) atoms. The molecule has 0 aromatic heterocycles. The SMILES string of the molecule is CCN(C(=O)C1NCCCC1(C)C)c1ccccc1C. The highest BCUT2D eigenvalue weighted by Gasteiger charge is 2.39. The lowest BCUT2D eigenvalue weighted by molar-refractivity contribution is -0.124. The molecule has 1 aliphatic heterocycles. The average molecular weight is 274 g/mol. The van der Waals surface area contributed by atoms with Gasteiger partial charge in [0.05, 0.1) is 6.04 Å². The largest absolute Gasteiger partial charge is 0.311 e. The summed E-state index contributed by atoms with van der Waals surface area (Å²) in [7, 11) is 0. The summed E-state index contributed by atoms with van der Waals surface area (Å²) in [5.41, 5.74) is 2.20. The molecule has 1 aromatic rings. The van der Waals surface area contributed by atoms with Crippen molar-refractivity contribution in [2.24, 2.45) is 5.41 Å². The fraction of sp³-hybridized carbons (Fsp3) is 0.588. The highest BCUT2D eigenvalue weighted by atomic mass is 16.2. The number of nitrogens with one attached hydrogen (secondary N) is 1. The van der Waals surface area contributed by atoms with Crippen LogP contribution in [0.15, 0.2) is 24.3 Å². The van der Waals surface area contributed by atoms with E-state index in [1.807, 2.05) is 30.0 Å². The predicted molar refractivity (Wildman–Crippen MR) is 84.0 cm³/mol. The first kappa shape index (κ1) is 15.0. The monoisotopic (exact) mass is 274 g/mol. The first-order valence-electron chi connectivity index (χ1n) is 7.58. The highest BCUT2D eigenvalue weighted by molar-refractivity contribution is 5.98. The van der Waals surface area contributed by atoms with Crippen LogP contribution in [0.2, 0.25) is 0 Å². The summed E-state index contributed by atoms with van der Waals surface area (Å²) in [6.07, 6.45) is 2.25. The van der Waals surface area contributed by atoms with Crippen molar-refractivity contribution in [1.29, 1.82) is 0 Å². The van der Waals surface area contributed by atoms with Crippen LogP contribution >= 0.6 is 0 Å². The van der Waals surface area contributed by atoms with E-state index in [1.165, 1.54) is 0 Å². The first-order chi connectivity index (χ1) is 9.47. The van der Waals surface area contributed by atoms with E-state index in [0.717, 1.165) is 30.6 Å². The van der Waals surface area contributed by atoms with Crippen molar-refractivity contribution in [2.45, 2.75) is 46.6 Å². The van der Waals surface area contributed by atoms with Gasteiger partial charge in [-0.15, -0.1) is 0 Å². The van der Waals surface area contributed by atoms with Crippen molar-refractivity contribution in [3.05, 3.63) is 29.8 Å². The van der Waals surface area contributed by atoms with E-state index in [-0.39, 0.29) is 17.4 Å². The molecule has 110 valence electrons. The number of nitrogens with zero attached hydrogens (tertiary/aromatic N) is 1. The van der Waals surface area contributed by atoms with Crippen molar-refractivity contribution < 1.29 is 4.79 Å². The number of anilines is 1. The number of hydrogen-bond donors (Lipinski definition) is 1. The summed E-state index contributed by atoms with van der Waals surface area (Å²) in [5.74, 6) is 0.200. The molecule has 1 atom stereocenters. The molecule has 3 heteroatoms. The van der Waals surface area contributed by atoms with Gasteiger partial charge in [0, 0.05) is 12.2 Å². The Balaban J connectivity index is 2.28. The number of piperidine rings is 1. The number of hydrogen-bond acceptors (Lipinski definition) is 2. The summed E-state index contributed by atoms with van der Waals surface area (Å²) in [4.78, 5) is 14.9. The quantitative estimate of drug-likeness (QED) is 0.918. The molecule has 2 rings (SSSR count). The third kappa shape index (κ3) is 2.88. The van der Waals surface area contributed by atoms with Crippen LogP contribution in [0.25, 0.3) is 0 Å². The fourth-order valence-corrected chi connectivity index (χ4v) is 3.10. The van der Waals surface area contributed by atoms with Crippen LogP contribution in [0.3, 0.4) is 0 Å². The Morgan fingerprint density at radius 3 is 2.70 bits per heavy atom. The Kier molecular flexibility index (Phi) is 4.48. The van der Waals surface area contributed by atoms with Crippen molar-refractivity contribution in [3.8, 4) is 0 Å². The maximum atomic E-state index is 13.0. The minimum atomic E-state index is -0.0872. The second-order valence-corrected chi connectivity index (χ2v) is 6.35. The van der Waals surface area contributed by atoms with Crippen molar-refractivity contribution >= 4 is 11.6 Å². The second-order valence-electron chi connectivity index (χ2n) is 6.35. The molecule has 1 fully saturated rings. The molecule has 1 aromatic carbocycles. The molecular formula is C17H26N2O. The number of para-hydroxylation sites is 1. The van der Waals surface area contributed by atoms with Gasteiger partial charge in [-0.3, -0.25) is 4.79 Å². The lowest BCUT2D eigenvalue weighted by atomic mass is 9.77. The van der Waals surface area contributed by atoms with Crippen molar-refractivity contribution in [3.63, 3.8) is 0 Å². The molecule has 0 saturated carbocycles. The minimum Gasteiger partial charge on any atom is -0.311 e. The number of benzene rings is 1. The standard InChI is InChI=1S/C17H26N2O/c1-5-19(14-10-7-6-9-13(14)2)16(20)15-17(3,4)11-8-12-18-15/h6-7,9-10,15,18H,5,8,11-12H2,1-4H3. The maximum absolute atomic E-state index is 13.0. The number of carbonyl (C=O) groups excluding carboxylic acids is 1. The Morgan fingerprint density at radius 2 is 2.10 bits per heavy atom. The number of amides is 1. The van der Waals surface area contributed by atoms with Crippen LogP contribution in [0.5, 0.6) is 0 Å². The third-order valence-corrected chi connectivity index (χ3v) is 4.36. The molecule has 0 radical (unpaired) electrons.